The fourth-order valence-electron chi connectivity index (χ4n) is 6.42. The standard InChI is InChI=1S/C32H38O4/c1-8-14-22-19-32-20-23(15-9-2)31(6,7)36-27(32)24(16-10-3)29(34)35-28(32)25(30(22,4)5)26(33)21-17-12-11-13-18-21/h8-13,17-18,22-23H,1-3,14-16,19-20H2,4-7H3/t22-,23+,32-/m1/s1. The molecule has 1 aromatic carbocycles. The molecule has 4 nitrogen and oxygen atoms in total. The molecule has 2 heterocycles. The van der Waals surface area contributed by atoms with E-state index in [-0.39, 0.29) is 17.6 Å². The van der Waals surface area contributed by atoms with E-state index in [0.717, 1.165) is 12.8 Å². The minimum absolute atomic E-state index is 0.104. The highest BCUT2D eigenvalue weighted by Gasteiger charge is 2.62. The molecule has 0 aromatic heterocycles. The lowest BCUT2D eigenvalue weighted by atomic mass is 9.52. The van der Waals surface area contributed by atoms with E-state index in [1.165, 1.54) is 0 Å². The number of ketones is 1. The molecule has 1 aromatic rings. The summed E-state index contributed by atoms with van der Waals surface area (Å²) in [5.74, 6) is 0.806. The second-order valence-electron chi connectivity index (χ2n) is 11.4. The minimum Gasteiger partial charge on any atom is -0.490 e. The summed E-state index contributed by atoms with van der Waals surface area (Å²) in [6.45, 7) is 20.2. The summed E-state index contributed by atoms with van der Waals surface area (Å²) in [5.41, 5.74) is -0.101. The largest absolute Gasteiger partial charge is 0.490 e. The molecule has 0 saturated carbocycles. The van der Waals surface area contributed by atoms with Gasteiger partial charge in [0.05, 0.1) is 11.0 Å². The first-order valence-electron chi connectivity index (χ1n) is 12.9. The molecule has 0 N–H and O–H groups in total. The van der Waals surface area contributed by atoms with Crippen LogP contribution in [0.1, 0.15) is 70.2 Å². The Hall–Kier alpha value is -3.14. The topological polar surface area (TPSA) is 52.6 Å². The Balaban J connectivity index is 2.06. The third-order valence-electron chi connectivity index (χ3n) is 8.53. The number of benzene rings is 1. The molecule has 4 heteroatoms. The van der Waals surface area contributed by atoms with Gasteiger partial charge in [-0.15, -0.1) is 19.7 Å². The normalized spacial score (nSPS) is 28.3. The van der Waals surface area contributed by atoms with Crippen LogP contribution in [-0.4, -0.2) is 17.4 Å². The number of hydrogen-bond acceptors (Lipinski definition) is 4. The molecule has 1 spiro atoms. The van der Waals surface area contributed by atoms with Gasteiger partial charge in [-0.25, -0.2) is 4.79 Å². The first-order chi connectivity index (χ1) is 17.0. The maximum absolute atomic E-state index is 14.2. The van der Waals surface area contributed by atoms with E-state index in [0.29, 0.717) is 47.5 Å². The zero-order valence-electron chi connectivity index (χ0n) is 22.1. The van der Waals surface area contributed by atoms with Crippen molar-refractivity contribution in [3.8, 4) is 0 Å². The van der Waals surface area contributed by atoms with Gasteiger partial charge >= 0.3 is 5.97 Å². The number of Topliss-reactive ketones (excluding diaryl/α,β-unsaturated/α-hetero) is 1. The van der Waals surface area contributed by atoms with E-state index in [4.69, 9.17) is 9.47 Å². The maximum atomic E-state index is 14.2. The van der Waals surface area contributed by atoms with E-state index in [1.807, 2.05) is 42.5 Å². The van der Waals surface area contributed by atoms with Gasteiger partial charge in [-0.1, -0.05) is 62.4 Å². The molecule has 0 amide bonds. The molecular weight excluding hydrogens is 448 g/mol. The second kappa shape index (κ2) is 9.38. The lowest BCUT2D eigenvalue weighted by Crippen LogP contribution is -2.55. The smallest absolute Gasteiger partial charge is 0.342 e. The Bertz CT molecular complexity index is 1160. The van der Waals surface area contributed by atoms with Crippen molar-refractivity contribution < 1.29 is 19.1 Å². The molecule has 4 rings (SSSR count). The third-order valence-corrected chi connectivity index (χ3v) is 8.53. The van der Waals surface area contributed by atoms with Gasteiger partial charge in [-0.2, -0.15) is 0 Å². The number of carbonyl (C=O) groups excluding carboxylic acids is 2. The average Bonchev–Trinajstić information content (AvgIpc) is 2.83. The Morgan fingerprint density at radius 3 is 2.17 bits per heavy atom. The number of rotatable bonds is 8. The summed E-state index contributed by atoms with van der Waals surface area (Å²) in [7, 11) is 0. The van der Waals surface area contributed by atoms with Gasteiger partial charge in [-0.3, -0.25) is 4.79 Å². The Morgan fingerprint density at radius 1 is 0.944 bits per heavy atom. The quantitative estimate of drug-likeness (QED) is 0.217. The first-order valence-corrected chi connectivity index (χ1v) is 12.9. The molecule has 1 aliphatic carbocycles. The summed E-state index contributed by atoms with van der Waals surface area (Å²) in [6, 6.07) is 9.25. The van der Waals surface area contributed by atoms with Crippen LogP contribution in [0.25, 0.3) is 0 Å². The molecule has 3 aliphatic rings. The molecule has 1 saturated heterocycles. The molecule has 1 fully saturated rings. The summed E-state index contributed by atoms with van der Waals surface area (Å²) in [5, 5.41) is 0. The van der Waals surface area contributed by atoms with Crippen LogP contribution in [-0.2, 0) is 14.3 Å². The van der Waals surface area contributed by atoms with Gasteiger partial charge in [0.25, 0.3) is 0 Å². The van der Waals surface area contributed by atoms with Gasteiger partial charge in [0.15, 0.2) is 5.78 Å². The SMILES string of the molecule is C=CCC1=C2OC(C)(C)[C@@H](CC=C)C[C@]23C[C@@H](CC=C)C(C)(C)C(C(=O)c2ccccc2)=C3OC1=O. The van der Waals surface area contributed by atoms with E-state index < -0.39 is 22.4 Å². The summed E-state index contributed by atoms with van der Waals surface area (Å²) in [6.07, 6.45) is 8.83. The molecule has 36 heavy (non-hydrogen) atoms. The van der Waals surface area contributed by atoms with E-state index in [1.54, 1.807) is 6.08 Å². The van der Waals surface area contributed by atoms with Crippen molar-refractivity contribution in [2.75, 3.05) is 0 Å². The van der Waals surface area contributed by atoms with Crippen LogP contribution < -0.4 is 0 Å². The highest BCUT2D eigenvalue weighted by atomic mass is 16.6. The third kappa shape index (κ3) is 4.01. The molecule has 0 unspecified atom stereocenters. The Morgan fingerprint density at radius 2 is 1.56 bits per heavy atom. The van der Waals surface area contributed by atoms with Crippen molar-refractivity contribution >= 4 is 11.8 Å². The van der Waals surface area contributed by atoms with Crippen LogP contribution in [0.15, 0.2) is 91.0 Å². The molecule has 0 radical (unpaired) electrons. The van der Waals surface area contributed by atoms with Gasteiger partial charge in [0.2, 0.25) is 0 Å². The lowest BCUT2D eigenvalue weighted by molar-refractivity contribution is -0.154. The minimum atomic E-state index is -0.710. The number of ether oxygens (including phenoxy) is 2. The average molecular weight is 487 g/mol. The predicted octanol–water partition coefficient (Wildman–Crippen LogP) is 7.51. The molecule has 0 bridgehead atoms. The highest BCUT2D eigenvalue weighted by Crippen LogP contribution is 2.65. The van der Waals surface area contributed by atoms with E-state index in [2.05, 4.69) is 47.4 Å². The summed E-state index contributed by atoms with van der Waals surface area (Å²) in [4.78, 5) is 27.6. The highest BCUT2D eigenvalue weighted by molar-refractivity contribution is 6.10. The van der Waals surface area contributed by atoms with E-state index in [9.17, 15) is 9.59 Å². The Kier molecular flexibility index (Phi) is 6.76. The molecular formula is C32H38O4. The van der Waals surface area contributed by atoms with Crippen molar-refractivity contribution in [3.63, 3.8) is 0 Å². The number of carbonyl (C=O) groups is 2. The van der Waals surface area contributed by atoms with Crippen LogP contribution in [0.3, 0.4) is 0 Å². The van der Waals surface area contributed by atoms with Crippen LogP contribution >= 0.6 is 0 Å². The Labute approximate surface area is 215 Å². The van der Waals surface area contributed by atoms with E-state index >= 15 is 0 Å². The van der Waals surface area contributed by atoms with Gasteiger partial charge < -0.3 is 9.47 Å². The number of esters is 1. The zero-order chi connectivity index (χ0) is 26.3. The van der Waals surface area contributed by atoms with Crippen molar-refractivity contribution in [1.82, 2.24) is 0 Å². The monoisotopic (exact) mass is 486 g/mol. The van der Waals surface area contributed by atoms with Crippen molar-refractivity contribution in [2.24, 2.45) is 22.7 Å². The number of hydrogen-bond donors (Lipinski definition) is 0. The maximum Gasteiger partial charge on any atom is 0.342 e. The number of allylic oxidation sites excluding steroid dienone is 4. The van der Waals surface area contributed by atoms with Gasteiger partial charge in [-0.05, 0) is 45.4 Å². The first kappa shape index (κ1) is 25.9. The van der Waals surface area contributed by atoms with Crippen molar-refractivity contribution in [2.45, 2.75) is 65.4 Å². The predicted molar refractivity (Wildman–Crippen MR) is 143 cm³/mol. The summed E-state index contributed by atoms with van der Waals surface area (Å²) >= 11 is 0. The fraction of sp³-hybridized carbons (Fsp3) is 0.438. The lowest BCUT2D eigenvalue weighted by Gasteiger charge is -2.57. The van der Waals surface area contributed by atoms with Crippen molar-refractivity contribution in [3.05, 3.63) is 96.5 Å². The van der Waals surface area contributed by atoms with Crippen LogP contribution in [0.2, 0.25) is 0 Å². The molecule has 2 aliphatic heterocycles. The van der Waals surface area contributed by atoms with Gasteiger partial charge in [0.1, 0.15) is 17.1 Å². The second-order valence-corrected chi connectivity index (χ2v) is 11.4. The summed E-state index contributed by atoms with van der Waals surface area (Å²) < 4.78 is 13.0. The van der Waals surface area contributed by atoms with Crippen LogP contribution in [0, 0.1) is 22.7 Å². The zero-order valence-corrected chi connectivity index (χ0v) is 22.1. The van der Waals surface area contributed by atoms with Crippen molar-refractivity contribution in [1.29, 1.82) is 0 Å². The van der Waals surface area contributed by atoms with Crippen LogP contribution in [0.4, 0.5) is 0 Å². The van der Waals surface area contributed by atoms with Crippen LogP contribution in [0.5, 0.6) is 0 Å². The molecule has 190 valence electrons. The van der Waals surface area contributed by atoms with Gasteiger partial charge in [0, 0.05) is 28.9 Å². The fourth-order valence-corrected chi connectivity index (χ4v) is 6.42. The molecule has 3 atom stereocenters.